The van der Waals surface area contributed by atoms with Crippen LogP contribution < -0.4 is 5.32 Å². The highest BCUT2D eigenvalue weighted by molar-refractivity contribution is 5.77. The van der Waals surface area contributed by atoms with Crippen molar-refractivity contribution < 1.29 is 5.11 Å². The Hall–Kier alpha value is -2.17. The van der Waals surface area contributed by atoms with Gasteiger partial charge in [-0.05, 0) is 43.7 Å². The topological polar surface area (TPSA) is 50.1 Å². The van der Waals surface area contributed by atoms with E-state index >= 15 is 0 Å². The van der Waals surface area contributed by atoms with E-state index in [9.17, 15) is 5.11 Å². The minimum absolute atomic E-state index is 0.570. The number of para-hydroxylation sites is 2. The number of nitrogens with one attached hydrogen (secondary N) is 1. The van der Waals surface area contributed by atoms with Crippen LogP contribution in [-0.4, -0.2) is 26.8 Å². The number of hydrogen-bond donors (Lipinski definition) is 2. The van der Waals surface area contributed by atoms with Crippen molar-refractivity contribution in [2.45, 2.75) is 26.0 Å². The molecular weight excluding hydrogens is 274 g/mol. The Morgan fingerprint density at radius 3 is 2.55 bits per heavy atom. The largest absolute Gasteiger partial charge is 0.389 e. The number of aliphatic hydroxyl groups is 1. The highest BCUT2D eigenvalue weighted by atomic mass is 16.3. The quantitative estimate of drug-likeness (QED) is 0.761. The van der Waals surface area contributed by atoms with Gasteiger partial charge < -0.3 is 10.4 Å². The Labute approximate surface area is 130 Å². The van der Waals surface area contributed by atoms with E-state index in [0.717, 1.165) is 23.3 Å². The van der Waals surface area contributed by atoms with Gasteiger partial charge in [0.1, 0.15) is 6.33 Å². The first kappa shape index (κ1) is 14.8. The summed E-state index contributed by atoms with van der Waals surface area (Å²) in [6, 6.07) is 16.5. The zero-order chi connectivity index (χ0) is 15.6. The van der Waals surface area contributed by atoms with Crippen molar-refractivity contribution in [2.75, 3.05) is 6.54 Å². The second-order valence-corrected chi connectivity index (χ2v) is 6.19. The second-order valence-electron chi connectivity index (χ2n) is 6.19. The van der Waals surface area contributed by atoms with Crippen LogP contribution >= 0.6 is 0 Å². The van der Waals surface area contributed by atoms with Gasteiger partial charge in [0, 0.05) is 18.8 Å². The van der Waals surface area contributed by atoms with Gasteiger partial charge in [0.05, 0.1) is 16.6 Å². The molecule has 0 amide bonds. The minimum atomic E-state index is -0.685. The third kappa shape index (κ3) is 3.35. The van der Waals surface area contributed by atoms with Crippen LogP contribution in [0.2, 0.25) is 0 Å². The van der Waals surface area contributed by atoms with Crippen LogP contribution in [-0.2, 0) is 6.54 Å². The summed E-state index contributed by atoms with van der Waals surface area (Å²) in [6.45, 7) is 4.91. The van der Waals surface area contributed by atoms with Crippen LogP contribution in [0.3, 0.4) is 0 Å². The van der Waals surface area contributed by atoms with E-state index in [1.165, 1.54) is 5.56 Å². The van der Waals surface area contributed by atoms with Crippen molar-refractivity contribution in [1.82, 2.24) is 14.9 Å². The highest BCUT2D eigenvalue weighted by Crippen LogP contribution is 2.18. The molecule has 0 saturated heterocycles. The maximum atomic E-state index is 9.69. The first-order valence-electron chi connectivity index (χ1n) is 7.47. The van der Waals surface area contributed by atoms with E-state index in [1.54, 1.807) is 13.8 Å². The standard InChI is InChI=1S/C18H21N3O/c1-18(2,22)12-19-11-14-7-9-15(10-8-14)21-13-20-16-5-3-4-6-17(16)21/h3-10,13,19,22H,11-12H2,1-2H3. The van der Waals surface area contributed by atoms with Crippen molar-refractivity contribution in [1.29, 1.82) is 0 Å². The van der Waals surface area contributed by atoms with Crippen molar-refractivity contribution >= 4 is 11.0 Å². The normalized spacial score (nSPS) is 12.0. The van der Waals surface area contributed by atoms with Gasteiger partial charge >= 0.3 is 0 Å². The lowest BCUT2D eigenvalue weighted by Gasteiger charge is -2.17. The molecule has 0 unspecified atom stereocenters. The summed E-state index contributed by atoms with van der Waals surface area (Å²) in [6.07, 6.45) is 1.85. The molecule has 22 heavy (non-hydrogen) atoms. The number of rotatable bonds is 5. The van der Waals surface area contributed by atoms with Crippen LogP contribution in [0, 0.1) is 0 Å². The molecule has 0 spiro atoms. The molecule has 0 saturated carbocycles. The molecule has 0 aliphatic rings. The van der Waals surface area contributed by atoms with E-state index < -0.39 is 5.60 Å². The summed E-state index contributed by atoms with van der Waals surface area (Å²) in [4.78, 5) is 4.42. The first-order chi connectivity index (χ1) is 10.5. The first-order valence-corrected chi connectivity index (χ1v) is 7.47. The van der Waals surface area contributed by atoms with Gasteiger partial charge in [-0.25, -0.2) is 4.98 Å². The summed E-state index contributed by atoms with van der Waals surface area (Å²) in [5.74, 6) is 0. The molecule has 114 valence electrons. The molecule has 2 aromatic carbocycles. The van der Waals surface area contributed by atoms with Crippen molar-refractivity contribution in [3.63, 3.8) is 0 Å². The lowest BCUT2D eigenvalue weighted by atomic mass is 10.1. The number of benzene rings is 2. The maximum absolute atomic E-state index is 9.69. The Morgan fingerprint density at radius 2 is 1.82 bits per heavy atom. The summed E-state index contributed by atoms with van der Waals surface area (Å²) in [5.41, 5.74) is 3.71. The van der Waals surface area contributed by atoms with E-state index in [-0.39, 0.29) is 0 Å². The molecule has 4 heteroatoms. The molecule has 0 bridgehead atoms. The van der Waals surface area contributed by atoms with E-state index in [0.29, 0.717) is 6.54 Å². The van der Waals surface area contributed by atoms with Crippen LogP contribution in [0.5, 0.6) is 0 Å². The lowest BCUT2D eigenvalue weighted by Crippen LogP contribution is -2.34. The van der Waals surface area contributed by atoms with Gasteiger partial charge in [0.15, 0.2) is 0 Å². The van der Waals surface area contributed by atoms with Gasteiger partial charge in [-0.1, -0.05) is 24.3 Å². The maximum Gasteiger partial charge on any atom is 0.100 e. The van der Waals surface area contributed by atoms with Crippen LogP contribution in [0.1, 0.15) is 19.4 Å². The predicted molar refractivity (Wildman–Crippen MR) is 89.1 cm³/mol. The van der Waals surface area contributed by atoms with Gasteiger partial charge in [-0.15, -0.1) is 0 Å². The second kappa shape index (κ2) is 5.91. The molecule has 0 atom stereocenters. The van der Waals surface area contributed by atoms with E-state index in [1.807, 2.05) is 24.5 Å². The van der Waals surface area contributed by atoms with Gasteiger partial charge in [-0.3, -0.25) is 4.57 Å². The number of nitrogens with zero attached hydrogens (tertiary/aromatic N) is 2. The zero-order valence-corrected chi connectivity index (χ0v) is 13.0. The highest BCUT2D eigenvalue weighted by Gasteiger charge is 2.11. The third-order valence-electron chi connectivity index (χ3n) is 3.55. The number of aromatic nitrogens is 2. The molecule has 0 aliphatic carbocycles. The van der Waals surface area contributed by atoms with Crippen LogP contribution in [0.25, 0.3) is 16.7 Å². The zero-order valence-electron chi connectivity index (χ0n) is 13.0. The summed E-state index contributed by atoms with van der Waals surface area (Å²) < 4.78 is 2.09. The summed E-state index contributed by atoms with van der Waals surface area (Å²) in [7, 11) is 0. The van der Waals surface area contributed by atoms with Gasteiger partial charge in [-0.2, -0.15) is 0 Å². The Morgan fingerprint density at radius 1 is 1.09 bits per heavy atom. The fraction of sp³-hybridized carbons (Fsp3) is 0.278. The number of fused-ring (bicyclic) bond motifs is 1. The molecule has 3 rings (SSSR count). The minimum Gasteiger partial charge on any atom is -0.389 e. The monoisotopic (exact) mass is 295 g/mol. The summed E-state index contributed by atoms with van der Waals surface area (Å²) >= 11 is 0. The fourth-order valence-electron chi connectivity index (χ4n) is 2.45. The number of hydrogen-bond acceptors (Lipinski definition) is 3. The van der Waals surface area contributed by atoms with Gasteiger partial charge in [0.2, 0.25) is 0 Å². The molecule has 4 nitrogen and oxygen atoms in total. The molecule has 0 fully saturated rings. The fourth-order valence-corrected chi connectivity index (χ4v) is 2.45. The van der Waals surface area contributed by atoms with Crippen molar-refractivity contribution in [2.24, 2.45) is 0 Å². The Balaban J connectivity index is 1.74. The molecule has 0 aliphatic heterocycles. The van der Waals surface area contributed by atoms with E-state index in [4.69, 9.17) is 0 Å². The van der Waals surface area contributed by atoms with Gasteiger partial charge in [0.25, 0.3) is 0 Å². The molecular formula is C18H21N3O. The van der Waals surface area contributed by atoms with Crippen molar-refractivity contribution in [3.8, 4) is 5.69 Å². The van der Waals surface area contributed by atoms with E-state index in [2.05, 4.69) is 45.2 Å². The molecule has 0 radical (unpaired) electrons. The predicted octanol–water partition coefficient (Wildman–Crippen LogP) is 2.89. The average Bonchev–Trinajstić information content (AvgIpc) is 2.91. The number of imidazole rings is 1. The molecule has 1 heterocycles. The third-order valence-corrected chi connectivity index (χ3v) is 3.55. The lowest BCUT2D eigenvalue weighted by molar-refractivity contribution is 0.0795. The Kier molecular flexibility index (Phi) is 3.96. The Bertz CT molecular complexity index is 754. The molecule has 2 N–H and O–H groups in total. The van der Waals surface area contributed by atoms with Crippen molar-refractivity contribution in [3.05, 3.63) is 60.4 Å². The molecule has 3 aromatic rings. The van der Waals surface area contributed by atoms with Crippen LogP contribution in [0.15, 0.2) is 54.9 Å². The summed E-state index contributed by atoms with van der Waals surface area (Å²) in [5, 5.41) is 12.9. The average molecular weight is 295 g/mol. The smallest absolute Gasteiger partial charge is 0.100 e. The molecule has 1 aromatic heterocycles. The SMILES string of the molecule is CC(C)(O)CNCc1ccc(-n2cnc3ccccc32)cc1. The van der Waals surface area contributed by atoms with Crippen LogP contribution in [0.4, 0.5) is 0 Å².